The van der Waals surface area contributed by atoms with Crippen LogP contribution in [-0.2, 0) is 4.74 Å². The Hall–Kier alpha value is -1.84. The molecule has 1 saturated heterocycles. The van der Waals surface area contributed by atoms with E-state index in [1.807, 2.05) is 6.92 Å². The fraction of sp³-hybridized carbons (Fsp3) is 0.571. The van der Waals surface area contributed by atoms with Crippen molar-refractivity contribution >= 4 is 0 Å². The molecule has 6 heteroatoms. The summed E-state index contributed by atoms with van der Waals surface area (Å²) in [5.41, 5.74) is -1.62. The quantitative estimate of drug-likeness (QED) is 0.754. The Bertz CT molecular complexity index is 669. The smallest absolute Gasteiger partial charge is 0.330 e. The van der Waals surface area contributed by atoms with E-state index in [1.54, 1.807) is 13.8 Å². The van der Waals surface area contributed by atoms with E-state index in [0.717, 1.165) is 0 Å². The molecule has 1 aliphatic rings. The molecule has 0 radical (unpaired) electrons. The number of hydrogen-bond donors (Lipinski definition) is 2. The molecule has 0 amide bonds. The van der Waals surface area contributed by atoms with Gasteiger partial charge in [-0.3, -0.25) is 14.3 Å². The van der Waals surface area contributed by atoms with E-state index in [0.29, 0.717) is 12.0 Å². The summed E-state index contributed by atoms with van der Waals surface area (Å²) in [6, 6.07) is 0. The zero-order valence-corrected chi connectivity index (χ0v) is 11.7. The van der Waals surface area contributed by atoms with Crippen molar-refractivity contribution in [2.24, 2.45) is 5.92 Å². The summed E-state index contributed by atoms with van der Waals surface area (Å²) in [7, 11) is 0. The summed E-state index contributed by atoms with van der Waals surface area (Å²) in [5.74, 6) is 2.27. The van der Waals surface area contributed by atoms with Gasteiger partial charge in [-0.05, 0) is 13.3 Å². The number of aliphatic hydroxyl groups excluding tert-OH is 1. The molecule has 6 nitrogen and oxygen atoms in total. The highest BCUT2D eigenvalue weighted by atomic mass is 16.5. The Labute approximate surface area is 116 Å². The third-order valence-corrected chi connectivity index (χ3v) is 4.06. The number of nitrogens with zero attached hydrogens (tertiary/aromatic N) is 1. The van der Waals surface area contributed by atoms with Gasteiger partial charge in [0.05, 0.1) is 0 Å². The van der Waals surface area contributed by atoms with Crippen LogP contribution in [-0.4, -0.2) is 26.4 Å². The maximum Gasteiger partial charge on any atom is 0.330 e. The fourth-order valence-corrected chi connectivity index (χ4v) is 2.58. The molecule has 0 aromatic carbocycles. The average molecular weight is 278 g/mol. The van der Waals surface area contributed by atoms with Crippen molar-refractivity contribution in [1.29, 1.82) is 0 Å². The number of nitrogens with one attached hydrogen (secondary N) is 1. The van der Waals surface area contributed by atoms with Gasteiger partial charge >= 0.3 is 5.69 Å². The molecule has 1 aromatic heterocycles. The van der Waals surface area contributed by atoms with Crippen LogP contribution in [0.15, 0.2) is 15.8 Å². The molecular formula is C14H18N2O4. The van der Waals surface area contributed by atoms with E-state index in [-0.39, 0.29) is 5.92 Å². The number of H-pyrrole nitrogens is 1. The summed E-state index contributed by atoms with van der Waals surface area (Å²) in [6.07, 6.45) is 5.61. The molecule has 1 aromatic rings. The van der Waals surface area contributed by atoms with Crippen LogP contribution in [0.2, 0.25) is 0 Å². The molecule has 2 N–H and O–H groups in total. The Kier molecular flexibility index (Phi) is 3.59. The van der Waals surface area contributed by atoms with Gasteiger partial charge in [0.1, 0.15) is 11.7 Å². The summed E-state index contributed by atoms with van der Waals surface area (Å²) in [6.45, 7) is 5.23. The first-order valence-corrected chi connectivity index (χ1v) is 6.52. The van der Waals surface area contributed by atoms with Crippen LogP contribution >= 0.6 is 0 Å². The second-order valence-electron chi connectivity index (χ2n) is 5.15. The number of aliphatic hydroxyl groups is 1. The van der Waals surface area contributed by atoms with Crippen LogP contribution in [0.4, 0.5) is 0 Å². The Balaban J connectivity index is 2.51. The first-order valence-electron chi connectivity index (χ1n) is 6.52. The monoisotopic (exact) mass is 278 g/mol. The van der Waals surface area contributed by atoms with Gasteiger partial charge in [-0.2, -0.15) is 0 Å². The predicted molar refractivity (Wildman–Crippen MR) is 73.2 cm³/mol. The summed E-state index contributed by atoms with van der Waals surface area (Å²) < 4.78 is 6.98. The molecule has 2 rings (SSSR count). The van der Waals surface area contributed by atoms with Crippen LogP contribution in [0.5, 0.6) is 0 Å². The Morgan fingerprint density at radius 1 is 1.60 bits per heavy atom. The van der Waals surface area contributed by atoms with Crippen LogP contribution in [0.1, 0.15) is 32.1 Å². The molecule has 4 atom stereocenters. The number of hydrogen-bond acceptors (Lipinski definition) is 4. The molecule has 1 aliphatic heterocycles. The largest absolute Gasteiger partial charge is 0.388 e. The second kappa shape index (κ2) is 4.93. The topological polar surface area (TPSA) is 84.3 Å². The lowest BCUT2D eigenvalue weighted by Gasteiger charge is -2.25. The highest BCUT2D eigenvalue weighted by Crippen LogP contribution is 2.42. The van der Waals surface area contributed by atoms with Gasteiger partial charge in [-0.1, -0.05) is 19.8 Å². The van der Waals surface area contributed by atoms with E-state index in [2.05, 4.69) is 10.9 Å². The van der Waals surface area contributed by atoms with Crippen molar-refractivity contribution in [3.05, 3.63) is 32.6 Å². The van der Waals surface area contributed by atoms with E-state index < -0.39 is 29.2 Å². The maximum absolute atomic E-state index is 11.9. The van der Waals surface area contributed by atoms with E-state index in [4.69, 9.17) is 11.2 Å². The summed E-state index contributed by atoms with van der Waals surface area (Å²) in [4.78, 5) is 25.5. The molecular weight excluding hydrogens is 260 g/mol. The first kappa shape index (κ1) is 14.6. The molecule has 108 valence electrons. The number of terminal acetylenes is 1. The second-order valence-corrected chi connectivity index (χ2v) is 5.15. The maximum atomic E-state index is 11.9. The van der Waals surface area contributed by atoms with Crippen molar-refractivity contribution in [2.75, 3.05) is 0 Å². The molecule has 1 unspecified atom stereocenters. The van der Waals surface area contributed by atoms with Crippen molar-refractivity contribution in [3.8, 4) is 12.3 Å². The van der Waals surface area contributed by atoms with Crippen molar-refractivity contribution in [2.45, 2.75) is 45.1 Å². The van der Waals surface area contributed by atoms with E-state index in [1.165, 1.54) is 10.8 Å². The zero-order valence-electron chi connectivity index (χ0n) is 11.7. The molecule has 0 saturated carbocycles. The Morgan fingerprint density at radius 3 is 2.75 bits per heavy atom. The number of aryl methyl sites for hydroxylation is 1. The van der Waals surface area contributed by atoms with Gasteiger partial charge in [0.2, 0.25) is 0 Å². The van der Waals surface area contributed by atoms with E-state index >= 15 is 0 Å². The normalized spacial score (nSPS) is 33.0. The number of aromatic nitrogens is 2. The van der Waals surface area contributed by atoms with Crippen molar-refractivity contribution in [1.82, 2.24) is 9.55 Å². The molecule has 2 heterocycles. The lowest BCUT2D eigenvalue weighted by atomic mass is 9.85. The van der Waals surface area contributed by atoms with E-state index in [9.17, 15) is 14.7 Å². The summed E-state index contributed by atoms with van der Waals surface area (Å²) in [5, 5.41) is 10.3. The van der Waals surface area contributed by atoms with Gasteiger partial charge in [-0.15, -0.1) is 6.42 Å². The number of aromatic amines is 1. The SMILES string of the molecule is C#C[C@]1(CC)O[C@@H](n2cc(C)c(=O)[nH]c2=O)[C@@H](O)C1C. The number of ether oxygens (including phenoxy) is 1. The lowest BCUT2D eigenvalue weighted by Crippen LogP contribution is -2.37. The van der Waals surface area contributed by atoms with Gasteiger partial charge < -0.3 is 9.84 Å². The van der Waals surface area contributed by atoms with Crippen molar-refractivity contribution in [3.63, 3.8) is 0 Å². The van der Waals surface area contributed by atoms with Gasteiger partial charge in [0.15, 0.2) is 6.23 Å². The van der Waals surface area contributed by atoms with Crippen LogP contribution in [0.25, 0.3) is 0 Å². The van der Waals surface area contributed by atoms with Crippen LogP contribution in [0.3, 0.4) is 0 Å². The average Bonchev–Trinajstić information content (AvgIpc) is 2.68. The number of rotatable bonds is 2. The highest BCUT2D eigenvalue weighted by molar-refractivity contribution is 5.16. The van der Waals surface area contributed by atoms with Crippen molar-refractivity contribution < 1.29 is 9.84 Å². The predicted octanol–water partition coefficient (Wildman–Crippen LogP) is 0.153. The minimum absolute atomic E-state index is 0.318. The minimum atomic E-state index is -0.922. The molecule has 20 heavy (non-hydrogen) atoms. The van der Waals surface area contributed by atoms with Gasteiger partial charge in [0.25, 0.3) is 5.56 Å². The third-order valence-electron chi connectivity index (χ3n) is 4.06. The first-order chi connectivity index (χ1) is 9.36. The standard InChI is InChI=1S/C14H18N2O4/c1-5-14(6-2)9(4)10(17)12(20-14)16-7-8(3)11(18)15-13(16)19/h1,7,9-10,12,17H,6H2,2-4H3,(H,15,18,19)/t9?,10-,12+,14+/m0/s1. The van der Waals surface area contributed by atoms with Crippen LogP contribution < -0.4 is 11.2 Å². The molecule has 0 spiro atoms. The Morgan fingerprint density at radius 2 is 2.25 bits per heavy atom. The van der Waals surface area contributed by atoms with Crippen LogP contribution in [0, 0.1) is 25.2 Å². The lowest BCUT2D eigenvalue weighted by molar-refractivity contribution is -0.0678. The zero-order chi connectivity index (χ0) is 15.1. The third kappa shape index (κ3) is 1.99. The highest BCUT2D eigenvalue weighted by Gasteiger charge is 2.51. The van der Waals surface area contributed by atoms with Gasteiger partial charge in [0, 0.05) is 17.7 Å². The van der Waals surface area contributed by atoms with Gasteiger partial charge in [-0.25, -0.2) is 4.79 Å². The molecule has 0 bridgehead atoms. The minimum Gasteiger partial charge on any atom is -0.388 e. The summed E-state index contributed by atoms with van der Waals surface area (Å²) >= 11 is 0. The molecule has 0 aliphatic carbocycles. The molecule has 1 fully saturated rings. The fourth-order valence-electron chi connectivity index (χ4n) is 2.58.